The van der Waals surface area contributed by atoms with Crippen LogP contribution < -0.4 is 0 Å². The SMILES string of the molecule is CC#CC(=O)/C=C/c1ccco1. The summed E-state index contributed by atoms with van der Waals surface area (Å²) in [4.78, 5) is 10.8. The molecule has 0 spiro atoms. The zero-order valence-electron chi connectivity index (χ0n) is 6.70. The summed E-state index contributed by atoms with van der Waals surface area (Å²) in [6.45, 7) is 1.62. The van der Waals surface area contributed by atoms with Crippen LogP contribution >= 0.6 is 0 Å². The first kappa shape index (κ1) is 8.35. The molecule has 1 rings (SSSR count). The number of carbonyl (C=O) groups is 1. The summed E-state index contributed by atoms with van der Waals surface area (Å²) in [6, 6.07) is 3.53. The van der Waals surface area contributed by atoms with E-state index in [9.17, 15) is 4.79 Å². The zero-order valence-corrected chi connectivity index (χ0v) is 6.70. The van der Waals surface area contributed by atoms with Gasteiger partial charge in [0, 0.05) is 0 Å². The molecule has 0 radical (unpaired) electrons. The van der Waals surface area contributed by atoms with Gasteiger partial charge in [0.25, 0.3) is 0 Å². The summed E-state index contributed by atoms with van der Waals surface area (Å²) in [7, 11) is 0. The van der Waals surface area contributed by atoms with Gasteiger partial charge in [0.05, 0.1) is 6.26 Å². The van der Waals surface area contributed by atoms with Gasteiger partial charge in [-0.3, -0.25) is 4.79 Å². The molecule has 0 saturated carbocycles. The minimum atomic E-state index is -0.214. The van der Waals surface area contributed by atoms with Gasteiger partial charge in [0.2, 0.25) is 5.78 Å². The molecule has 2 heteroatoms. The number of carbonyl (C=O) groups excluding carboxylic acids is 1. The van der Waals surface area contributed by atoms with Crippen molar-refractivity contribution in [2.45, 2.75) is 6.92 Å². The molecule has 0 bridgehead atoms. The highest BCUT2D eigenvalue weighted by Gasteiger charge is 1.89. The number of hydrogen-bond acceptors (Lipinski definition) is 2. The first-order valence-electron chi connectivity index (χ1n) is 3.51. The van der Waals surface area contributed by atoms with Crippen LogP contribution in [-0.4, -0.2) is 5.78 Å². The van der Waals surface area contributed by atoms with Crippen LogP contribution in [0.5, 0.6) is 0 Å². The summed E-state index contributed by atoms with van der Waals surface area (Å²) < 4.78 is 4.97. The van der Waals surface area contributed by atoms with E-state index in [1.54, 1.807) is 31.4 Å². The van der Waals surface area contributed by atoms with Gasteiger partial charge in [-0.15, -0.1) is 0 Å². The molecule has 60 valence electrons. The molecule has 1 heterocycles. The Kier molecular flexibility index (Phi) is 2.92. The molecule has 0 aliphatic rings. The Morgan fingerprint density at radius 3 is 3.08 bits per heavy atom. The minimum absolute atomic E-state index is 0.214. The lowest BCUT2D eigenvalue weighted by Crippen LogP contribution is -1.83. The monoisotopic (exact) mass is 160 g/mol. The van der Waals surface area contributed by atoms with Crippen molar-refractivity contribution in [2.24, 2.45) is 0 Å². The Balaban J connectivity index is 2.61. The van der Waals surface area contributed by atoms with E-state index in [4.69, 9.17) is 4.42 Å². The van der Waals surface area contributed by atoms with Crippen LogP contribution in [0.4, 0.5) is 0 Å². The van der Waals surface area contributed by atoms with Crippen LogP contribution in [0, 0.1) is 11.8 Å². The highest BCUT2D eigenvalue weighted by molar-refractivity contribution is 6.06. The van der Waals surface area contributed by atoms with Crippen molar-refractivity contribution in [3.63, 3.8) is 0 Å². The molecule has 0 saturated heterocycles. The maximum Gasteiger partial charge on any atom is 0.228 e. The Morgan fingerprint density at radius 1 is 1.67 bits per heavy atom. The van der Waals surface area contributed by atoms with Gasteiger partial charge in [0.15, 0.2) is 0 Å². The fraction of sp³-hybridized carbons (Fsp3) is 0.100. The standard InChI is InChI=1S/C10H8O2/c1-2-4-9(11)6-7-10-5-3-8-12-10/h3,5-8H,1H3/b7-6+. The Morgan fingerprint density at radius 2 is 2.50 bits per heavy atom. The molecule has 0 N–H and O–H groups in total. The van der Waals surface area contributed by atoms with Gasteiger partial charge in [-0.1, -0.05) is 5.92 Å². The molecule has 0 aliphatic carbocycles. The molecule has 12 heavy (non-hydrogen) atoms. The van der Waals surface area contributed by atoms with Gasteiger partial charge in [-0.05, 0) is 37.1 Å². The van der Waals surface area contributed by atoms with Gasteiger partial charge in [0.1, 0.15) is 5.76 Å². The van der Waals surface area contributed by atoms with Crippen LogP contribution in [0.2, 0.25) is 0 Å². The zero-order chi connectivity index (χ0) is 8.81. The van der Waals surface area contributed by atoms with Crippen LogP contribution in [-0.2, 0) is 4.79 Å². The summed E-state index contributed by atoms with van der Waals surface area (Å²) in [5, 5.41) is 0. The van der Waals surface area contributed by atoms with Crippen LogP contribution in [0.25, 0.3) is 6.08 Å². The fourth-order valence-corrected chi connectivity index (χ4v) is 0.709. The highest BCUT2D eigenvalue weighted by atomic mass is 16.3. The number of furan rings is 1. The second kappa shape index (κ2) is 4.20. The molecule has 0 fully saturated rings. The van der Waals surface area contributed by atoms with Gasteiger partial charge >= 0.3 is 0 Å². The van der Waals surface area contributed by atoms with E-state index in [1.807, 2.05) is 0 Å². The molecule has 0 atom stereocenters. The predicted octanol–water partition coefficient (Wildman–Crippen LogP) is 1.89. The van der Waals surface area contributed by atoms with Crippen LogP contribution in [0.1, 0.15) is 12.7 Å². The summed E-state index contributed by atoms with van der Waals surface area (Å²) >= 11 is 0. The first-order valence-corrected chi connectivity index (χ1v) is 3.51. The summed E-state index contributed by atoms with van der Waals surface area (Å²) in [6.07, 6.45) is 4.53. The van der Waals surface area contributed by atoms with Crippen molar-refractivity contribution in [1.29, 1.82) is 0 Å². The number of ketones is 1. The summed E-state index contributed by atoms with van der Waals surface area (Å²) in [5.74, 6) is 5.35. The van der Waals surface area contributed by atoms with E-state index >= 15 is 0 Å². The van der Waals surface area contributed by atoms with Crippen LogP contribution in [0.15, 0.2) is 28.9 Å². The maximum atomic E-state index is 10.8. The Bertz CT molecular complexity index is 334. The van der Waals surface area contributed by atoms with Gasteiger partial charge in [-0.25, -0.2) is 0 Å². The van der Waals surface area contributed by atoms with E-state index < -0.39 is 0 Å². The Labute approximate surface area is 70.9 Å². The van der Waals surface area contributed by atoms with Crippen molar-refractivity contribution in [2.75, 3.05) is 0 Å². The third kappa shape index (κ3) is 2.47. The van der Waals surface area contributed by atoms with E-state index in [0.29, 0.717) is 5.76 Å². The molecular weight excluding hydrogens is 152 g/mol. The second-order valence-electron chi connectivity index (χ2n) is 2.09. The normalized spacial score (nSPS) is 9.42. The van der Waals surface area contributed by atoms with Crippen molar-refractivity contribution >= 4 is 11.9 Å². The lowest BCUT2D eigenvalue weighted by atomic mass is 10.3. The molecule has 0 amide bonds. The smallest absolute Gasteiger partial charge is 0.228 e. The molecule has 1 aromatic rings. The van der Waals surface area contributed by atoms with Crippen LogP contribution in [0.3, 0.4) is 0 Å². The molecule has 0 aliphatic heterocycles. The van der Waals surface area contributed by atoms with E-state index in [0.717, 1.165) is 0 Å². The molecule has 0 aromatic carbocycles. The van der Waals surface area contributed by atoms with Gasteiger partial charge < -0.3 is 4.42 Å². The largest absolute Gasteiger partial charge is 0.465 e. The Hall–Kier alpha value is -1.75. The number of hydrogen-bond donors (Lipinski definition) is 0. The predicted molar refractivity (Wildman–Crippen MR) is 46.2 cm³/mol. The quantitative estimate of drug-likeness (QED) is 0.375. The highest BCUT2D eigenvalue weighted by Crippen LogP contribution is 2.01. The lowest BCUT2D eigenvalue weighted by molar-refractivity contribution is -0.109. The van der Waals surface area contributed by atoms with Crippen molar-refractivity contribution in [3.8, 4) is 11.8 Å². The topological polar surface area (TPSA) is 30.2 Å². The number of rotatable bonds is 2. The average molecular weight is 160 g/mol. The summed E-state index contributed by atoms with van der Waals surface area (Å²) in [5.41, 5.74) is 0. The molecule has 2 nitrogen and oxygen atoms in total. The van der Waals surface area contributed by atoms with Crippen molar-refractivity contribution in [3.05, 3.63) is 30.2 Å². The molecule has 0 unspecified atom stereocenters. The number of allylic oxidation sites excluding steroid dienone is 1. The van der Waals surface area contributed by atoms with E-state index in [1.165, 1.54) is 6.08 Å². The van der Waals surface area contributed by atoms with E-state index in [-0.39, 0.29) is 5.78 Å². The first-order chi connectivity index (χ1) is 5.83. The average Bonchev–Trinajstić information content (AvgIpc) is 2.53. The lowest BCUT2D eigenvalue weighted by Gasteiger charge is -1.79. The second-order valence-corrected chi connectivity index (χ2v) is 2.09. The fourth-order valence-electron chi connectivity index (χ4n) is 0.709. The third-order valence-corrected chi connectivity index (χ3v) is 1.19. The third-order valence-electron chi connectivity index (χ3n) is 1.19. The van der Waals surface area contributed by atoms with E-state index in [2.05, 4.69) is 11.8 Å². The maximum absolute atomic E-state index is 10.8. The van der Waals surface area contributed by atoms with Crippen molar-refractivity contribution < 1.29 is 9.21 Å². The molecule has 1 aromatic heterocycles. The van der Waals surface area contributed by atoms with Crippen molar-refractivity contribution in [1.82, 2.24) is 0 Å². The molecular formula is C10H8O2. The minimum Gasteiger partial charge on any atom is -0.465 e. The van der Waals surface area contributed by atoms with Gasteiger partial charge in [-0.2, -0.15) is 0 Å².